The number of carboxylic acids is 1. The molecule has 0 saturated carbocycles. The van der Waals surface area contributed by atoms with E-state index >= 15 is 0 Å². The minimum atomic E-state index is -1.24. The number of aromatic amines is 1. The van der Waals surface area contributed by atoms with Crippen LogP contribution in [-0.4, -0.2) is 101 Å². The molecule has 1 aromatic heterocycles. The van der Waals surface area contributed by atoms with Crippen molar-refractivity contribution in [3.8, 4) is 11.3 Å². The maximum absolute atomic E-state index is 14.2. The molecule has 4 atom stereocenters. The molecular formula is C36H38N8O7S3. The molecule has 1 fully saturated rings. The number of nitrogens with one attached hydrogen (secondary N) is 1. The van der Waals surface area contributed by atoms with Crippen LogP contribution < -0.4 is 21.9 Å². The van der Waals surface area contributed by atoms with Crippen molar-refractivity contribution in [3.63, 3.8) is 0 Å². The molecule has 4 heterocycles. The minimum absolute atomic E-state index is 0.106. The number of fused-ring (bicyclic) bond motifs is 1. The van der Waals surface area contributed by atoms with Gasteiger partial charge in [-0.1, -0.05) is 66.0 Å². The Morgan fingerprint density at radius 2 is 1.74 bits per heavy atom. The summed E-state index contributed by atoms with van der Waals surface area (Å²) in [4.78, 5) is 85.4. The van der Waals surface area contributed by atoms with E-state index in [2.05, 4.69) is 10.1 Å². The summed E-state index contributed by atoms with van der Waals surface area (Å²) in [6.07, 6.45) is 0. The number of anilines is 1. The zero-order valence-corrected chi connectivity index (χ0v) is 32.0. The van der Waals surface area contributed by atoms with E-state index in [1.54, 1.807) is 83.5 Å². The summed E-state index contributed by atoms with van der Waals surface area (Å²) < 4.78 is 0.808. The van der Waals surface area contributed by atoms with Crippen molar-refractivity contribution in [3.05, 3.63) is 99.5 Å². The highest BCUT2D eigenvalue weighted by molar-refractivity contribution is 8.39. The van der Waals surface area contributed by atoms with Gasteiger partial charge in [0.15, 0.2) is 4.38 Å². The summed E-state index contributed by atoms with van der Waals surface area (Å²) in [7, 11) is 1.85. The quantitative estimate of drug-likeness (QED) is 0.206. The largest absolute Gasteiger partial charge is 0.477 e. The normalized spacial score (nSPS) is 19.1. The number of carbonyl (C=O) groups is 5. The molecule has 6 rings (SSSR count). The van der Waals surface area contributed by atoms with E-state index in [0.29, 0.717) is 45.5 Å². The van der Waals surface area contributed by atoms with Gasteiger partial charge in [-0.05, 0) is 47.9 Å². The smallest absolute Gasteiger partial charge is 0.352 e. The van der Waals surface area contributed by atoms with Crippen LogP contribution in [0.3, 0.4) is 0 Å². The molecule has 6 N–H and O–H groups in total. The molecule has 3 unspecified atom stereocenters. The first-order chi connectivity index (χ1) is 25.8. The van der Waals surface area contributed by atoms with E-state index in [4.69, 9.17) is 11.5 Å². The number of β-lactam (4-membered cyclic amide) rings is 1. The lowest BCUT2D eigenvalue weighted by molar-refractivity contribution is -0.161. The topological polar surface area (TPSA) is 216 Å². The highest BCUT2D eigenvalue weighted by Gasteiger charge is 2.57. The lowest BCUT2D eigenvalue weighted by Gasteiger charge is -2.53. The fourth-order valence-corrected chi connectivity index (χ4v) is 9.72. The Kier molecular flexibility index (Phi) is 11.7. The van der Waals surface area contributed by atoms with E-state index in [1.165, 1.54) is 47.2 Å². The Balaban J connectivity index is 1.27. The predicted octanol–water partition coefficient (Wildman–Crippen LogP) is 2.56. The Hall–Kier alpha value is -4.88. The van der Waals surface area contributed by atoms with Gasteiger partial charge in [-0.15, -0.1) is 11.8 Å². The number of nitrogens with zero attached hydrogens (tertiary/aromatic N) is 5. The van der Waals surface area contributed by atoms with Crippen LogP contribution in [0.4, 0.5) is 5.69 Å². The van der Waals surface area contributed by atoms with Crippen LogP contribution in [0.2, 0.25) is 0 Å². The first-order valence-corrected chi connectivity index (χ1v) is 19.8. The van der Waals surface area contributed by atoms with Crippen molar-refractivity contribution >= 4 is 74.9 Å². The number of H-pyrrole nitrogens is 1. The second-order valence-corrected chi connectivity index (χ2v) is 16.1. The lowest BCUT2D eigenvalue weighted by atomic mass is 9.98. The summed E-state index contributed by atoms with van der Waals surface area (Å²) >= 11 is 4.31. The van der Waals surface area contributed by atoms with Gasteiger partial charge < -0.3 is 26.5 Å². The molecular weight excluding hydrogens is 753 g/mol. The number of pyridine rings is 1. The molecule has 18 heteroatoms. The Morgan fingerprint density at radius 1 is 1.04 bits per heavy atom. The number of hydrogen-bond acceptors (Lipinski definition) is 13. The summed E-state index contributed by atoms with van der Waals surface area (Å²) in [5, 5.41) is 15.7. The molecule has 282 valence electrons. The Bertz CT molecular complexity index is 2110. The summed E-state index contributed by atoms with van der Waals surface area (Å²) in [6.45, 7) is 2.47. The first-order valence-electron chi connectivity index (χ1n) is 16.8. The van der Waals surface area contributed by atoms with Crippen LogP contribution >= 0.6 is 35.3 Å². The third-order valence-electron chi connectivity index (χ3n) is 8.96. The van der Waals surface area contributed by atoms with E-state index in [0.717, 1.165) is 9.28 Å². The Morgan fingerprint density at radius 3 is 2.33 bits per heavy atom. The maximum Gasteiger partial charge on any atom is 0.352 e. The first kappa shape index (κ1) is 38.8. The SMILES string of the molecule is CC(=O)N(C(=O)C(C)N)c1ccc(-c2ccc(CN(C(=O)C(N)c3ccccc3)C3C(=O)N4C(C(=O)O)=C(CSC5=NN(C)CS5)CS[C@@H]34)c(=O)[nH]2)cc1. The molecule has 0 bridgehead atoms. The lowest BCUT2D eigenvalue weighted by Crippen LogP contribution is -2.71. The van der Waals surface area contributed by atoms with Gasteiger partial charge in [0.25, 0.3) is 11.5 Å². The number of thioether (sulfide) groups is 3. The zero-order valence-electron chi connectivity index (χ0n) is 29.5. The number of aromatic nitrogens is 1. The number of benzene rings is 2. The van der Waals surface area contributed by atoms with Gasteiger partial charge in [0.2, 0.25) is 17.7 Å². The summed E-state index contributed by atoms with van der Waals surface area (Å²) in [5.41, 5.74) is 14.1. The van der Waals surface area contributed by atoms with E-state index < -0.39 is 58.7 Å². The van der Waals surface area contributed by atoms with Crippen molar-refractivity contribution in [1.82, 2.24) is 19.8 Å². The number of amides is 4. The van der Waals surface area contributed by atoms with Gasteiger partial charge in [-0.25, -0.2) is 9.69 Å². The number of carboxylic acid groups (broad SMARTS) is 1. The van der Waals surface area contributed by atoms with Crippen molar-refractivity contribution in [1.29, 1.82) is 0 Å². The van der Waals surface area contributed by atoms with E-state index in [9.17, 15) is 33.9 Å². The number of rotatable bonds is 11. The molecule has 0 aliphatic carbocycles. The van der Waals surface area contributed by atoms with Crippen LogP contribution in [-0.2, 0) is 30.5 Å². The number of carbonyl (C=O) groups excluding carboxylic acids is 4. The van der Waals surface area contributed by atoms with Gasteiger partial charge in [0.05, 0.1) is 24.2 Å². The van der Waals surface area contributed by atoms with Crippen molar-refractivity contribution in [2.75, 3.05) is 29.3 Å². The number of hydrogen-bond donors (Lipinski definition) is 4. The predicted molar refractivity (Wildman–Crippen MR) is 210 cm³/mol. The fraction of sp³-hybridized carbons (Fsp3) is 0.306. The van der Waals surface area contributed by atoms with Crippen LogP contribution in [0.15, 0.2) is 87.9 Å². The van der Waals surface area contributed by atoms with Crippen molar-refractivity contribution in [2.24, 2.45) is 16.6 Å². The molecule has 0 radical (unpaired) electrons. The van der Waals surface area contributed by atoms with Gasteiger partial charge in [0, 0.05) is 36.7 Å². The van der Waals surface area contributed by atoms with E-state index in [-0.39, 0.29) is 17.8 Å². The van der Waals surface area contributed by atoms with Crippen molar-refractivity contribution < 1.29 is 29.1 Å². The fourth-order valence-electron chi connectivity index (χ4n) is 6.23. The minimum Gasteiger partial charge on any atom is -0.477 e. The highest BCUT2D eigenvalue weighted by Crippen LogP contribution is 2.44. The Labute approximate surface area is 323 Å². The monoisotopic (exact) mass is 790 g/mol. The highest BCUT2D eigenvalue weighted by atomic mass is 32.2. The second kappa shape index (κ2) is 16.2. The third kappa shape index (κ3) is 7.83. The summed E-state index contributed by atoms with van der Waals surface area (Å²) in [5.74, 6) is -2.13. The zero-order chi connectivity index (χ0) is 38.8. The van der Waals surface area contributed by atoms with Crippen molar-refractivity contribution in [2.45, 2.75) is 43.9 Å². The summed E-state index contributed by atoms with van der Waals surface area (Å²) in [6, 6.07) is 15.1. The van der Waals surface area contributed by atoms with Gasteiger partial charge in [-0.3, -0.25) is 33.9 Å². The molecule has 3 aromatic rings. The van der Waals surface area contributed by atoms with Gasteiger partial charge in [-0.2, -0.15) is 5.10 Å². The number of nitrogens with two attached hydrogens (primary N) is 2. The molecule has 2 aromatic carbocycles. The third-order valence-corrected chi connectivity index (χ3v) is 12.6. The van der Waals surface area contributed by atoms with Gasteiger partial charge in [0.1, 0.15) is 23.2 Å². The molecule has 3 aliphatic heterocycles. The number of hydrazone groups is 1. The number of imide groups is 1. The molecule has 54 heavy (non-hydrogen) atoms. The van der Waals surface area contributed by atoms with Crippen LogP contribution in [0.1, 0.15) is 31.0 Å². The van der Waals surface area contributed by atoms with Crippen LogP contribution in [0, 0.1) is 0 Å². The number of aliphatic carboxylic acids is 1. The van der Waals surface area contributed by atoms with Gasteiger partial charge >= 0.3 is 5.97 Å². The molecule has 0 spiro atoms. The molecule has 15 nitrogen and oxygen atoms in total. The average molecular weight is 791 g/mol. The van der Waals surface area contributed by atoms with Crippen LogP contribution in [0.5, 0.6) is 0 Å². The standard InChI is InChI=1S/C36H38N8O7S3/c1-19(37)31(47)43(20(2)45)25-12-9-21(10-13-25)26-14-11-23(30(46)39-26)15-42(32(48)27(38)22-7-5-4-6-8-22)29-33(49)44-28(35(50)51)24(16-52-34(29)44)17-53-36-40-41(3)18-54-36/h4-14,19,27,29,34H,15-18,37-38H2,1-3H3,(H,39,46)(H,50,51)/t19?,27?,29?,34-/m0/s1. The van der Waals surface area contributed by atoms with E-state index in [1.807, 2.05) is 7.05 Å². The molecule has 1 saturated heterocycles. The molecule has 3 aliphatic rings. The maximum atomic E-state index is 14.2. The molecule has 4 amide bonds. The second-order valence-electron chi connectivity index (χ2n) is 12.8. The van der Waals surface area contributed by atoms with Crippen LogP contribution in [0.25, 0.3) is 11.3 Å². The average Bonchev–Trinajstić information content (AvgIpc) is 3.58.